The molecule has 0 N–H and O–H groups in total. The quantitative estimate of drug-likeness (QED) is 0.345. The molecule has 0 atom stereocenters. The van der Waals surface area contributed by atoms with Gasteiger partial charge in [-0.25, -0.2) is 23.1 Å². The van der Waals surface area contributed by atoms with Crippen molar-refractivity contribution in [2.45, 2.75) is 32.9 Å². The van der Waals surface area contributed by atoms with Crippen molar-refractivity contribution in [2.75, 3.05) is 0 Å². The molecule has 0 saturated carbocycles. The first-order valence-electron chi connectivity index (χ1n) is 11.6. The predicted octanol–water partition coefficient (Wildman–Crippen LogP) is 4.85. The van der Waals surface area contributed by atoms with E-state index in [0.29, 0.717) is 17.2 Å². The van der Waals surface area contributed by atoms with Gasteiger partial charge in [-0.3, -0.25) is 9.36 Å². The molecular formula is C28H24F2N4O2. The van der Waals surface area contributed by atoms with Gasteiger partial charge in [0, 0.05) is 6.54 Å². The molecule has 36 heavy (non-hydrogen) atoms. The molecule has 3 aromatic carbocycles. The van der Waals surface area contributed by atoms with Gasteiger partial charge in [-0.15, -0.1) is 0 Å². The maximum atomic E-state index is 13.7. The Kier molecular flexibility index (Phi) is 6.10. The molecule has 0 bridgehead atoms. The van der Waals surface area contributed by atoms with Gasteiger partial charge >= 0.3 is 5.69 Å². The first-order chi connectivity index (χ1) is 17.3. The van der Waals surface area contributed by atoms with Crippen LogP contribution >= 0.6 is 0 Å². The van der Waals surface area contributed by atoms with Crippen molar-refractivity contribution in [3.8, 4) is 5.69 Å². The minimum atomic E-state index is -0.541. The molecule has 5 aromatic rings. The third-order valence-electron chi connectivity index (χ3n) is 6.24. The first-order valence-corrected chi connectivity index (χ1v) is 11.6. The largest absolute Gasteiger partial charge is 0.337 e. The summed E-state index contributed by atoms with van der Waals surface area (Å²) >= 11 is 0. The van der Waals surface area contributed by atoms with E-state index in [9.17, 15) is 18.4 Å². The highest BCUT2D eigenvalue weighted by atomic mass is 19.1. The van der Waals surface area contributed by atoms with Crippen molar-refractivity contribution < 1.29 is 8.78 Å². The minimum Gasteiger partial charge on any atom is -0.320 e. The molecule has 6 nitrogen and oxygen atoms in total. The Balaban J connectivity index is 1.72. The van der Waals surface area contributed by atoms with Gasteiger partial charge in [0.25, 0.3) is 5.56 Å². The fourth-order valence-electron chi connectivity index (χ4n) is 4.24. The molecular weight excluding hydrogens is 462 g/mol. The highest BCUT2D eigenvalue weighted by molar-refractivity contribution is 5.72. The van der Waals surface area contributed by atoms with Gasteiger partial charge in [-0.05, 0) is 59.0 Å². The molecule has 0 amide bonds. The second-order valence-corrected chi connectivity index (χ2v) is 9.05. The van der Waals surface area contributed by atoms with Crippen molar-refractivity contribution in [2.24, 2.45) is 0 Å². The summed E-state index contributed by atoms with van der Waals surface area (Å²) in [6, 6.07) is 19.2. The molecule has 182 valence electrons. The maximum absolute atomic E-state index is 13.7. The number of rotatable bonds is 6. The summed E-state index contributed by atoms with van der Waals surface area (Å²) in [6.07, 6.45) is 1.51. The molecule has 0 unspecified atom stereocenters. The zero-order valence-electron chi connectivity index (χ0n) is 19.9. The van der Waals surface area contributed by atoms with Crippen LogP contribution in [0.25, 0.3) is 16.9 Å². The highest BCUT2D eigenvalue weighted by Gasteiger charge is 2.20. The SMILES string of the molecule is CC(C)c1ccc(-n2c(=O)n(Cc3ccc(F)cc3)c(=O)c3c2ncn3Cc2ccc(F)cc2)cc1. The summed E-state index contributed by atoms with van der Waals surface area (Å²) < 4.78 is 31.1. The van der Waals surface area contributed by atoms with Crippen LogP contribution in [-0.4, -0.2) is 18.7 Å². The van der Waals surface area contributed by atoms with Crippen LogP contribution in [0.15, 0.2) is 88.7 Å². The van der Waals surface area contributed by atoms with Gasteiger partial charge in [-0.2, -0.15) is 0 Å². The lowest BCUT2D eigenvalue weighted by Gasteiger charge is -2.14. The van der Waals surface area contributed by atoms with E-state index >= 15 is 0 Å². The zero-order valence-corrected chi connectivity index (χ0v) is 19.9. The Hall–Kier alpha value is -4.33. The van der Waals surface area contributed by atoms with Crippen LogP contribution < -0.4 is 11.2 Å². The lowest BCUT2D eigenvalue weighted by atomic mass is 10.0. The monoisotopic (exact) mass is 486 g/mol. The summed E-state index contributed by atoms with van der Waals surface area (Å²) in [5.74, 6) is -0.436. The van der Waals surface area contributed by atoms with E-state index in [-0.39, 0.29) is 30.1 Å². The summed E-state index contributed by atoms with van der Waals surface area (Å²) in [5.41, 5.74) is 2.52. The summed E-state index contributed by atoms with van der Waals surface area (Å²) in [6.45, 7) is 4.41. The van der Waals surface area contributed by atoms with Gasteiger partial charge in [0.1, 0.15) is 11.6 Å². The average Bonchev–Trinajstić information content (AvgIpc) is 3.28. The molecule has 0 aliphatic carbocycles. The number of aromatic nitrogens is 4. The smallest absolute Gasteiger partial charge is 0.320 e. The number of halogens is 2. The second kappa shape index (κ2) is 9.37. The van der Waals surface area contributed by atoms with E-state index in [1.807, 2.05) is 24.3 Å². The molecule has 0 radical (unpaired) electrons. The number of fused-ring (bicyclic) bond motifs is 1. The van der Waals surface area contributed by atoms with Gasteiger partial charge in [0.2, 0.25) is 0 Å². The summed E-state index contributed by atoms with van der Waals surface area (Å²) in [4.78, 5) is 31.7. The Bertz CT molecular complexity index is 1650. The Labute approximate surface area is 205 Å². The van der Waals surface area contributed by atoms with E-state index < -0.39 is 17.1 Å². The lowest BCUT2D eigenvalue weighted by Crippen LogP contribution is -2.40. The standard InChI is InChI=1S/C28H24F2N4O2/c1-18(2)21-7-13-24(14-8-21)34-26-25(32(17-31-26)15-19-3-9-22(29)10-4-19)27(35)33(28(34)36)16-20-5-11-23(30)12-6-20/h3-14,17-18H,15-16H2,1-2H3. The van der Waals surface area contributed by atoms with E-state index in [0.717, 1.165) is 15.7 Å². The summed E-state index contributed by atoms with van der Waals surface area (Å²) in [5, 5.41) is 0. The van der Waals surface area contributed by atoms with Crippen molar-refractivity contribution in [1.82, 2.24) is 18.7 Å². The van der Waals surface area contributed by atoms with Crippen LogP contribution in [0.2, 0.25) is 0 Å². The van der Waals surface area contributed by atoms with Crippen molar-refractivity contribution in [1.29, 1.82) is 0 Å². The number of benzene rings is 3. The predicted molar refractivity (Wildman–Crippen MR) is 135 cm³/mol. The van der Waals surface area contributed by atoms with Gasteiger partial charge in [-0.1, -0.05) is 50.2 Å². The topological polar surface area (TPSA) is 61.8 Å². The molecule has 0 saturated heterocycles. The van der Waals surface area contributed by atoms with E-state index in [2.05, 4.69) is 18.8 Å². The number of nitrogens with zero attached hydrogens (tertiary/aromatic N) is 4. The van der Waals surface area contributed by atoms with Gasteiger partial charge in [0.15, 0.2) is 11.2 Å². The van der Waals surface area contributed by atoms with E-state index in [1.165, 1.54) is 35.2 Å². The van der Waals surface area contributed by atoms with Crippen molar-refractivity contribution in [3.05, 3.63) is 128 Å². The molecule has 0 fully saturated rings. The number of hydrogen-bond donors (Lipinski definition) is 0. The molecule has 0 spiro atoms. The average molecular weight is 487 g/mol. The minimum absolute atomic E-state index is 0.0281. The van der Waals surface area contributed by atoms with Crippen LogP contribution in [0, 0.1) is 11.6 Å². The van der Waals surface area contributed by atoms with Gasteiger partial charge < -0.3 is 4.57 Å². The third-order valence-corrected chi connectivity index (χ3v) is 6.24. The van der Waals surface area contributed by atoms with Crippen LogP contribution in [0.1, 0.15) is 36.5 Å². The van der Waals surface area contributed by atoms with Crippen LogP contribution in [0.5, 0.6) is 0 Å². The fraction of sp³-hybridized carbons (Fsp3) is 0.179. The number of imidazole rings is 1. The lowest BCUT2D eigenvalue weighted by molar-refractivity contribution is 0.624. The van der Waals surface area contributed by atoms with Crippen molar-refractivity contribution in [3.63, 3.8) is 0 Å². The molecule has 2 aromatic heterocycles. The molecule has 0 aliphatic heterocycles. The molecule has 8 heteroatoms. The molecule has 0 aliphatic rings. The van der Waals surface area contributed by atoms with Crippen LogP contribution in [0.3, 0.4) is 0 Å². The van der Waals surface area contributed by atoms with E-state index in [4.69, 9.17) is 0 Å². The van der Waals surface area contributed by atoms with Crippen LogP contribution in [0.4, 0.5) is 8.78 Å². The normalized spacial score (nSPS) is 11.5. The summed E-state index contributed by atoms with van der Waals surface area (Å²) in [7, 11) is 0. The van der Waals surface area contributed by atoms with E-state index in [1.54, 1.807) is 28.8 Å². The second-order valence-electron chi connectivity index (χ2n) is 9.05. The van der Waals surface area contributed by atoms with Crippen molar-refractivity contribution >= 4 is 11.2 Å². The molecule has 5 rings (SSSR count). The Morgan fingerprint density at radius 1 is 0.778 bits per heavy atom. The Morgan fingerprint density at radius 2 is 1.33 bits per heavy atom. The third kappa shape index (κ3) is 4.37. The van der Waals surface area contributed by atoms with Crippen LogP contribution in [-0.2, 0) is 13.1 Å². The van der Waals surface area contributed by atoms with Gasteiger partial charge in [0.05, 0.1) is 18.6 Å². The fourth-order valence-corrected chi connectivity index (χ4v) is 4.24. The Morgan fingerprint density at radius 3 is 1.89 bits per heavy atom. The highest BCUT2D eigenvalue weighted by Crippen LogP contribution is 2.19. The molecule has 2 heterocycles. The zero-order chi connectivity index (χ0) is 25.4. The maximum Gasteiger partial charge on any atom is 0.337 e. The number of hydrogen-bond acceptors (Lipinski definition) is 3. The first kappa shape index (κ1) is 23.4.